The van der Waals surface area contributed by atoms with E-state index >= 15 is 0 Å². The van der Waals surface area contributed by atoms with Crippen LogP contribution < -0.4 is 0 Å². The molecular formula is C13H15BrFNO2. The maximum absolute atomic E-state index is 13.2. The largest absolute Gasteiger partial charge is 0.393 e. The third-order valence-corrected chi connectivity index (χ3v) is 4.00. The summed E-state index contributed by atoms with van der Waals surface area (Å²) >= 11 is 3.26. The Morgan fingerprint density at radius 2 is 2.28 bits per heavy atom. The molecule has 98 valence electrons. The Hall–Kier alpha value is -0.940. The quantitative estimate of drug-likeness (QED) is 0.864. The predicted octanol–water partition coefficient (Wildman–Crippen LogP) is 2.43. The molecule has 1 N–H and O–H groups in total. The maximum atomic E-state index is 13.2. The molecule has 0 saturated carbocycles. The average Bonchev–Trinajstić information content (AvgIpc) is 2.35. The van der Waals surface area contributed by atoms with E-state index in [1.54, 1.807) is 4.90 Å². The number of likely N-dealkylation sites (tertiary alicyclic amines) is 1. The van der Waals surface area contributed by atoms with Crippen molar-refractivity contribution in [3.63, 3.8) is 0 Å². The smallest absolute Gasteiger partial charge is 0.255 e. The van der Waals surface area contributed by atoms with E-state index in [0.29, 0.717) is 29.5 Å². The van der Waals surface area contributed by atoms with Gasteiger partial charge < -0.3 is 10.0 Å². The van der Waals surface area contributed by atoms with E-state index in [0.717, 1.165) is 0 Å². The second-order valence-corrected chi connectivity index (χ2v) is 5.56. The molecule has 1 aromatic rings. The number of carbonyl (C=O) groups excluding carboxylic acids is 1. The van der Waals surface area contributed by atoms with Gasteiger partial charge in [0.25, 0.3) is 5.91 Å². The van der Waals surface area contributed by atoms with Crippen LogP contribution in [0.15, 0.2) is 22.7 Å². The number of rotatable bonds is 1. The van der Waals surface area contributed by atoms with E-state index in [4.69, 9.17) is 0 Å². The van der Waals surface area contributed by atoms with Gasteiger partial charge in [0.15, 0.2) is 0 Å². The molecule has 1 saturated heterocycles. The van der Waals surface area contributed by atoms with Crippen LogP contribution in [-0.4, -0.2) is 35.1 Å². The Bertz CT molecular complexity index is 466. The molecule has 2 rings (SSSR count). The second kappa shape index (κ2) is 5.36. The third kappa shape index (κ3) is 2.72. The van der Waals surface area contributed by atoms with Gasteiger partial charge in [0.05, 0.1) is 11.7 Å². The van der Waals surface area contributed by atoms with E-state index in [1.165, 1.54) is 18.2 Å². The van der Waals surface area contributed by atoms with Crippen molar-refractivity contribution >= 4 is 21.8 Å². The summed E-state index contributed by atoms with van der Waals surface area (Å²) in [4.78, 5) is 13.9. The lowest BCUT2D eigenvalue weighted by atomic mass is 9.96. The molecule has 2 atom stereocenters. The van der Waals surface area contributed by atoms with Gasteiger partial charge in [-0.05, 0) is 46.5 Å². The first-order valence-electron chi connectivity index (χ1n) is 5.91. The normalized spacial score (nSPS) is 24.1. The van der Waals surface area contributed by atoms with Crippen molar-refractivity contribution in [1.29, 1.82) is 0 Å². The molecule has 2 unspecified atom stereocenters. The van der Waals surface area contributed by atoms with Gasteiger partial charge in [-0.1, -0.05) is 6.92 Å². The molecule has 1 amide bonds. The fourth-order valence-corrected chi connectivity index (χ4v) is 2.57. The summed E-state index contributed by atoms with van der Waals surface area (Å²) in [6, 6.07) is 4.08. The number of hydrogen-bond donors (Lipinski definition) is 1. The molecule has 0 radical (unpaired) electrons. The lowest BCUT2D eigenvalue weighted by Gasteiger charge is -2.34. The molecule has 1 aromatic carbocycles. The van der Waals surface area contributed by atoms with Gasteiger partial charge >= 0.3 is 0 Å². The minimum absolute atomic E-state index is 0.0510. The van der Waals surface area contributed by atoms with Crippen LogP contribution in [0.4, 0.5) is 4.39 Å². The predicted molar refractivity (Wildman–Crippen MR) is 69.8 cm³/mol. The molecule has 1 aliphatic rings. The maximum Gasteiger partial charge on any atom is 0.255 e. The third-order valence-electron chi connectivity index (χ3n) is 3.31. The van der Waals surface area contributed by atoms with E-state index in [-0.39, 0.29) is 17.9 Å². The van der Waals surface area contributed by atoms with E-state index in [2.05, 4.69) is 15.9 Å². The van der Waals surface area contributed by atoms with Crippen LogP contribution in [0.1, 0.15) is 23.7 Å². The summed E-state index contributed by atoms with van der Waals surface area (Å²) in [6.07, 6.45) is 0.213. The van der Waals surface area contributed by atoms with Crippen LogP contribution in [0, 0.1) is 11.7 Å². The molecule has 3 nitrogen and oxygen atoms in total. The van der Waals surface area contributed by atoms with Gasteiger partial charge in [-0.3, -0.25) is 4.79 Å². The van der Waals surface area contributed by atoms with Gasteiger partial charge in [0, 0.05) is 17.6 Å². The lowest BCUT2D eigenvalue weighted by molar-refractivity contribution is 0.0297. The first-order valence-corrected chi connectivity index (χ1v) is 6.70. The highest BCUT2D eigenvalue weighted by molar-refractivity contribution is 9.10. The van der Waals surface area contributed by atoms with Crippen LogP contribution in [0.3, 0.4) is 0 Å². The number of piperidine rings is 1. The van der Waals surface area contributed by atoms with Crippen LogP contribution >= 0.6 is 15.9 Å². The van der Waals surface area contributed by atoms with Crippen molar-refractivity contribution in [1.82, 2.24) is 4.90 Å². The number of benzene rings is 1. The lowest BCUT2D eigenvalue weighted by Crippen LogP contribution is -2.45. The Labute approximate surface area is 114 Å². The first-order chi connectivity index (χ1) is 8.49. The van der Waals surface area contributed by atoms with Crippen LogP contribution in [0.25, 0.3) is 0 Å². The highest BCUT2D eigenvalue weighted by Gasteiger charge is 2.28. The monoisotopic (exact) mass is 315 g/mol. The van der Waals surface area contributed by atoms with Crippen LogP contribution in [0.2, 0.25) is 0 Å². The first kappa shape index (κ1) is 13.5. The summed E-state index contributed by atoms with van der Waals surface area (Å²) in [5.41, 5.74) is 0.332. The highest BCUT2D eigenvalue weighted by atomic mass is 79.9. The number of hydrogen-bond acceptors (Lipinski definition) is 2. The highest BCUT2D eigenvalue weighted by Crippen LogP contribution is 2.23. The molecule has 5 heteroatoms. The second-order valence-electron chi connectivity index (χ2n) is 4.71. The Morgan fingerprint density at radius 1 is 1.56 bits per heavy atom. The molecule has 1 heterocycles. The van der Waals surface area contributed by atoms with Crippen molar-refractivity contribution in [2.45, 2.75) is 19.4 Å². The van der Waals surface area contributed by atoms with Crippen molar-refractivity contribution < 1.29 is 14.3 Å². The molecule has 0 spiro atoms. The van der Waals surface area contributed by atoms with Crippen molar-refractivity contribution in [2.75, 3.05) is 13.1 Å². The molecule has 1 aliphatic heterocycles. The van der Waals surface area contributed by atoms with Gasteiger partial charge in [0.1, 0.15) is 5.82 Å². The van der Waals surface area contributed by atoms with Crippen molar-refractivity contribution in [3.05, 3.63) is 34.1 Å². The van der Waals surface area contributed by atoms with Gasteiger partial charge in [-0.15, -0.1) is 0 Å². The summed E-state index contributed by atoms with van der Waals surface area (Å²) in [5.74, 6) is -0.568. The molecule has 0 aromatic heterocycles. The standard InChI is InChI=1S/C13H15BrFNO2/c1-8-7-16(5-4-12(8)17)13(18)10-6-9(15)2-3-11(10)14/h2-3,6,8,12,17H,4-5,7H2,1H3. The molecule has 0 aliphatic carbocycles. The van der Waals surface area contributed by atoms with Gasteiger partial charge in [-0.25, -0.2) is 4.39 Å². The zero-order valence-electron chi connectivity index (χ0n) is 10.1. The van der Waals surface area contributed by atoms with E-state index in [9.17, 15) is 14.3 Å². The van der Waals surface area contributed by atoms with E-state index in [1.807, 2.05) is 6.92 Å². The van der Waals surface area contributed by atoms with Crippen LogP contribution in [0.5, 0.6) is 0 Å². The van der Waals surface area contributed by atoms with Crippen molar-refractivity contribution in [2.24, 2.45) is 5.92 Å². The van der Waals surface area contributed by atoms with Gasteiger partial charge in [-0.2, -0.15) is 0 Å². The molecule has 18 heavy (non-hydrogen) atoms. The Balaban J connectivity index is 2.19. The zero-order chi connectivity index (χ0) is 13.3. The number of carbonyl (C=O) groups is 1. The number of halogens is 2. The topological polar surface area (TPSA) is 40.5 Å². The minimum Gasteiger partial charge on any atom is -0.393 e. The van der Waals surface area contributed by atoms with Crippen molar-refractivity contribution in [3.8, 4) is 0 Å². The fraction of sp³-hybridized carbons (Fsp3) is 0.462. The van der Waals surface area contributed by atoms with Crippen LogP contribution in [-0.2, 0) is 0 Å². The Kier molecular flexibility index (Phi) is 4.02. The Morgan fingerprint density at radius 3 is 2.94 bits per heavy atom. The fourth-order valence-electron chi connectivity index (χ4n) is 2.15. The zero-order valence-corrected chi connectivity index (χ0v) is 11.7. The molecular weight excluding hydrogens is 301 g/mol. The van der Waals surface area contributed by atoms with Gasteiger partial charge in [0.2, 0.25) is 0 Å². The average molecular weight is 316 g/mol. The summed E-state index contributed by atoms with van der Waals surface area (Å²) in [6.45, 7) is 2.92. The minimum atomic E-state index is -0.424. The number of aliphatic hydroxyl groups is 1. The SMILES string of the molecule is CC1CN(C(=O)c2cc(F)ccc2Br)CCC1O. The van der Waals surface area contributed by atoms with E-state index < -0.39 is 5.82 Å². The summed E-state index contributed by atoms with van der Waals surface area (Å²) in [5, 5.41) is 9.64. The number of nitrogens with zero attached hydrogens (tertiary/aromatic N) is 1. The summed E-state index contributed by atoms with van der Waals surface area (Å²) < 4.78 is 13.8. The number of aliphatic hydroxyl groups excluding tert-OH is 1. The molecule has 1 fully saturated rings. The molecule has 0 bridgehead atoms. The summed E-state index contributed by atoms with van der Waals surface area (Å²) in [7, 11) is 0. The number of amides is 1.